The van der Waals surface area contributed by atoms with E-state index in [2.05, 4.69) is 41.8 Å². The highest BCUT2D eigenvalue weighted by Crippen LogP contribution is 2.38. The molecule has 1 aliphatic carbocycles. The predicted molar refractivity (Wildman–Crippen MR) is 81.3 cm³/mol. The number of amides is 1. The molecule has 0 bridgehead atoms. The van der Waals surface area contributed by atoms with Crippen LogP contribution in [0.15, 0.2) is 48.5 Å². The number of hydrogen-bond acceptors (Lipinski definition) is 2. The van der Waals surface area contributed by atoms with Crippen molar-refractivity contribution in [2.75, 3.05) is 6.61 Å². The molecule has 0 aromatic heterocycles. The van der Waals surface area contributed by atoms with Crippen molar-refractivity contribution in [1.29, 1.82) is 0 Å². The van der Waals surface area contributed by atoms with Gasteiger partial charge in [0.2, 0.25) is 5.71 Å². The largest absolute Gasteiger partial charge is 0.319 e. The minimum absolute atomic E-state index is 0.0626. The van der Waals surface area contributed by atoms with Crippen molar-refractivity contribution in [2.24, 2.45) is 5.92 Å². The number of hydrazine groups is 1. The molecule has 22 heavy (non-hydrogen) atoms. The number of rotatable bonds is 0. The summed E-state index contributed by atoms with van der Waals surface area (Å²) in [5, 5.41) is 0. The summed E-state index contributed by atoms with van der Waals surface area (Å²) >= 11 is 0. The number of carbonyl (C=O) groups is 1. The molecule has 2 aromatic carbocycles. The summed E-state index contributed by atoms with van der Waals surface area (Å²) in [7, 11) is 0. The number of carbonyl (C=O) groups excluding carboxylic acids is 1. The van der Waals surface area contributed by atoms with Crippen LogP contribution in [0.4, 0.5) is 0 Å². The third kappa shape index (κ3) is 1.45. The highest BCUT2D eigenvalue weighted by molar-refractivity contribution is 6.22. The van der Waals surface area contributed by atoms with Crippen LogP contribution in [-0.2, 0) is 9.53 Å². The van der Waals surface area contributed by atoms with Crippen molar-refractivity contribution in [3.63, 3.8) is 0 Å². The van der Waals surface area contributed by atoms with Gasteiger partial charge in [-0.2, -0.15) is 0 Å². The van der Waals surface area contributed by atoms with Crippen LogP contribution in [0.1, 0.15) is 17.5 Å². The number of fused-ring (bicyclic) bond motifs is 4. The van der Waals surface area contributed by atoms with Crippen LogP contribution >= 0.6 is 0 Å². The summed E-state index contributed by atoms with van der Waals surface area (Å²) in [4.78, 5) is 12.2. The van der Waals surface area contributed by atoms with Crippen molar-refractivity contribution in [3.05, 3.63) is 59.7 Å². The van der Waals surface area contributed by atoms with E-state index in [0.29, 0.717) is 6.61 Å². The number of ether oxygens (including phenoxy) is 1. The third-order valence-electron chi connectivity index (χ3n) is 4.78. The van der Waals surface area contributed by atoms with Gasteiger partial charge in [-0.1, -0.05) is 41.1 Å². The van der Waals surface area contributed by atoms with E-state index in [1.807, 2.05) is 16.8 Å². The monoisotopic (exact) mass is 291 g/mol. The van der Waals surface area contributed by atoms with E-state index in [9.17, 15) is 4.79 Å². The Balaban J connectivity index is 1.82. The molecule has 2 atom stereocenters. The van der Waals surface area contributed by atoms with E-state index < -0.39 is 0 Å². The van der Waals surface area contributed by atoms with Crippen LogP contribution in [0.25, 0.3) is 11.1 Å². The Morgan fingerprint density at radius 3 is 2.18 bits per heavy atom. The van der Waals surface area contributed by atoms with Gasteiger partial charge in [0, 0.05) is 0 Å². The molecule has 1 unspecified atom stereocenters. The molecule has 0 saturated carbocycles. The molecule has 3 aliphatic rings. The molecule has 4 heteroatoms. The van der Waals surface area contributed by atoms with Crippen LogP contribution in [0.5, 0.6) is 0 Å². The zero-order chi connectivity index (χ0) is 14.7. The van der Waals surface area contributed by atoms with Gasteiger partial charge in [-0.15, -0.1) is 5.43 Å². The van der Waals surface area contributed by atoms with Gasteiger partial charge in [-0.25, -0.2) is 0 Å². The maximum atomic E-state index is 12.2. The molecule has 4 nitrogen and oxygen atoms in total. The number of hydrazone groups is 1. The Morgan fingerprint density at radius 2 is 1.55 bits per heavy atom. The number of benzene rings is 2. The highest BCUT2D eigenvalue weighted by Gasteiger charge is 2.52. The van der Waals surface area contributed by atoms with Gasteiger partial charge in [0.05, 0.1) is 17.7 Å². The number of hydrogen-bond donors (Lipinski definition) is 1. The maximum Gasteiger partial charge on any atom is 0.298 e. The normalized spacial score (nSPS) is 25.0. The molecular formula is C18H15N2O2+. The second kappa shape index (κ2) is 4.27. The summed E-state index contributed by atoms with van der Waals surface area (Å²) in [6.07, 6.45) is 0.602. The Kier molecular flexibility index (Phi) is 2.35. The number of nitrogens with zero attached hydrogens (tertiary/aromatic N) is 1. The van der Waals surface area contributed by atoms with Crippen molar-refractivity contribution < 1.29 is 14.2 Å². The second-order valence-electron chi connectivity index (χ2n) is 5.94. The van der Waals surface area contributed by atoms with Gasteiger partial charge in [-0.3, -0.25) is 4.79 Å². The summed E-state index contributed by atoms with van der Waals surface area (Å²) in [5.74, 6) is 0.00397. The zero-order valence-corrected chi connectivity index (χ0v) is 12.0. The lowest BCUT2D eigenvalue weighted by molar-refractivity contribution is -0.633. The Morgan fingerprint density at radius 1 is 0.955 bits per heavy atom. The van der Waals surface area contributed by atoms with Crippen LogP contribution in [0, 0.1) is 5.92 Å². The average Bonchev–Trinajstić information content (AvgIpc) is 3.22. The average molecular weight is 291 g/mol. The zero-order valence-electron chi connectivity index (χ0n) is 12.0. The van der Waals surface area contributed by atoms with Gasteiger partial charge in [0.25, 0.3) is 12.1 Å². The predicted octanol–water partition coefficient (Wildman–Crippen LogP) is 1.92. The van der Waals surface area contributed by atoms with Gasteiger partial charge in [0.15, 0.2) is 0 Å². The minimum Gasteiger partial charge on any atom is -0.319 e. The molecule has 1 amide bonds. The van der Waals surface area contributed by atoms with Crippen LogP contribution in [0.2, 0.25) is 0 Å². The molecule has 0 radical (unpaired) electrons. The molecule has 108 valence electrons. The van der Waals surface area contributed by atoms with Crippen molar-refractivity contribution in [1.82, 2.24) is 5.43 Å². The first-order valence-corrected chi connectivity index (χ1v) is 7.62. The lowest BCUT2D eigenvalue weighted by Crippen LogP contribution is -2.35. The molecule has 5 rings (SSSR count). The SMILES string of the molecule is O=C1N[N+](=C2c3ccccc3-c3ccccc32)C2OCC[C@H]12. The maximum absolute atomic E-state index is 12.2. The Labute approximate surface area is 128 Å². The quantitative estimate of drug-likeness (QED) is 0.643. The summed E-state index contributed by atoms with van der Waals surface area (Å²) in [6.45, 7) is 0.649. The second-order valence-corrected chi connectivity index (χ2v) is 5.94. The third-order valence-corrected chi connectivity index (χ3v) is 4.78. The Hall–Kier alpha value is -2.46. The van der Waals surface area contributed by atoms with E-state index in [1.165, 1.54) is 11.1 Å². The van der Waals surface area contributed by atoms with Gasteiger partial charge >= 0.3 is 0 Å². The molecule has 0 spiro atoms. The smallest absolute Gasteiger partial charge is 0.298 e. The first kappa shape index (κ1) is 12.1. The molecule has 2 heterocycles. The molecular weight excluding hydrogens is 276 g/mol. The van der Waals surface area contributed by atoms with E-state index in [1.54, 1.807) is 0 Å². The van der Waals surface area contributed by atoms with Crippen LogP contribution < -0.4 is 5.43 Å². The minimum atomic E-state index is -0.193. The van der Waals surface area contributed by atoms with Crippen molar-refractivity contribution in [2.45, 2.75) is 12.6 Å². The summed E-state index contributed by atoms with van der Waals surface area (Å²) < 4.78 is 7.76. The summed E-state index contributed by atoms with van der Waals surface area (Å²) in [6, 6.07) is 16.7. The summed E-state index contributed by atoms with van der Waals surface area (Å²) in [5.41, 5.74) is 8.79. The molecule has 2 fully saturated rings. The fourth-order valence-electron chi connectivity index (χ4n) is 3.79. The van der Waals surface area contributed by atoms with Crippen LogP contribution in [0.3, 0.4) is 0 Å². The molecule has 2 aliphatic heterocycles. The first-order chi connectivity index (χ1) is 10.8. The molecule has 2 saturated heterocycles. The Bertz CT molecular complexity index is 793. The van der Waals surface area contributed by atoms with Crippen molar-refractivity contribution in [3.8, 4) is 11.1 Å². The fourth-order valence-corrected chi connectivity index (χ4v) is 3.79. The fraction of sp³-hybridized carbons (Fsp3) is 0.222. The van der Waals surface area contributed by atoms with E-state index >= 15 is 0 Å². The molecule has 2 aromatic rings. The van der Waals surface area contributed by atoms with E-state index in [4.69, 9.17) is 4.74 Å². The molecule has 1 N–H and O–H groups in total. The standard InChI is InChI=1S/C18H14N2O2/c21-17-15-9-10-22-18(15)20(19-17)16-13-7-3-1-5-11(13)12-6-2-4-8-14(12)16/h1-8,15,18H,9-10H2/p+1/t15-,18?/m1/s1. The lowest BCUT2D eigenvalue weighted by atomic mass is 10.1. The lowest BCUT2D eigenvalue weighted by Gasteiger charge is -2.06. The van der Waals surface area contributed by atoms with Crippen molar-refractivity contribution >= 4 is 11.6 Å². The van der Waals surface area contributed by atoms with E-state index in [0.717, 1.165) is 23.3 Å². The topological polar surface area (TPSA) is 41.3 Å². The van der Waals surface area contributed by atoms with Gasteiger partial charge < -0.3 is 4.74 Å². The van der Waals surface area contributed by atoms with Gasteiger partial charge in [0.1, 0.15) is 5.92 Å². The van der Waals surface area contributed by atoms with E-state index in [-0.39, 0.29) is 18.1 Å². The number of nitrogens with one attached hydrogen (secondary N) is 1. The van der Waals surface area contributed by atoms with Crippen LogP contribution in [-0.4, -0.2) is 29.1 Å². The van der Waals surface area contributed by atoms with Gasteiger partial charge in [-0.05, 0) is 29.7 Å². The highest BCUT2D eigenvalue weighted by atomic mass is 16.5. The first-order valence-electron chi connectivity index (χ1n) is 7.62.